The molecule has 43 heteroatoms. The van der Waals surface area contributed by atoms with Gasteiger partial charge in [0, 0.05) is 47.6 Å². The number of carboxylic acids is 4. The van der Waals surface area contributed by atoms with Crippen molar-refractivity contribution in [3.05, 3.63) is 65.9 Å². The Morgan fingerprint density at radius 1 is 0.538 bits per heavy atom. The van der Waals surface area contributed by atoms with Crippen LogP contribution in [0, 0.1) is 11.8 Å². The molecule has 642 valence electrons. The van der Waals surface area contributed by atoms with Gasteiger partial charge in [0.2, 0.25) is 82.7 Å². The Kier molecular flexibility index (Phi) is 40.1. The van der Waals surface area contributed by atoms with Crippen LogP contribution in [0.5, 0.6) is 0 Å². The molecule has 0 bridgehead atoms. The first kappa shape index (κ1) is 96.7. The number of ketones is 1. The smallest absolute Gasteiger partial charge is 0.329 e. The van der Waals surface area contributed by atoms with E-state index in [1.54, 1.807) is 30.5 Å². The molecule has 1 aliphatic rings. The Morgan fingerprint density at radius 2 is 1.07 bits per heavy atom. The fourth-order valence-electron chi connectivity index (χ4n) is 12.2. The number of amides is 14. The number of aliphatic carboxylic acids is 4. The number of Topliss-reactive ketones (excluding diaryl/α,β-unsaturated/α-hetero) is 1. The van der Waals surface area contributed by atoms with E-state index >= 15 is 0 Å². The molecule has 1 saturated heterocycles. The highest BCUT2D eigenvalue weighted by molar-refractivity contribution is 6.05. The van der Waals surface area contributed by atoms with E-state index in [1.807, 2.05) is 0 Å². The maximum absolute atomic E-state index is 14.9. The second-order valence-corrected chi connectivity index (χ2v) is 28.2. The molecule has 0 radical (unpaired) electrons. The van der Waals surface area contributed by atoms with Crippen molar-refractivity contribution in [3.63, 3.8) is 0 Å². The molecule has 4 rings (SSSR count). The number of nitrogen functional groups attached to an aromatic ring is 1. The molecular formula is C74H105N17O26. The lowest BCUT2D eigenvalue weighted by Crippen LogP contribution is -2.62. The van der Waals surface area contributed by atoms with Crippen molar-refractivity contribution in [1.82, 2.24) is 74.1 Å². The number of aromatic nitrogens is 1. The average molecular weight is 1650 g/mol. The summed E-state index contributed by atoms with van der Waals surface area (Å²) in [5.74, 6) is -30.5. The van der Waals surface area contributed by atoms with Gasteiger partial charge in [-0.05, 0) is 75.3 Å². The number of cyclic esters (lactones) is 1. The van der Waals surface area contributed by atoms with Crippen molar-refractivity contribution in [2.45, 2.75) is 216 Å². The monoisotopic (exact) mass is 1650 g/mol. The summed E-state index contributed by atoms with van der Waals surface area (Å²) >= 11 is 0. The van der Waals surface area contributed by atoms with Gasteiger partial charge in [-0.2, -0.15) is 0 Å². The van der Waals surface area contributed by atoms with E-state index in [2.05, 4.69) is 81.0 Å². The fraction of sp³-hybridized carbons (Fsp3) is 0.541. The van der Waals surface area contributed by atoms with Crippen LogP contribution in [0.2, 0.25) is 0 Å². The van der Waals surface area contributed by atoms with Crippen LogP contribution in [0.3, 0.4) is 0 Å². The highest BCUT2D eigenvalue weighted by atomic mass is 16.5. The maximum Gasteiger partial charge on any atom is 0.329 e. The number of hydrogen-bond acceptors (Lipinski definition) is 24. The summed E-state index contributed by atoms with van der Waals surface area (Å²) in [4.78, 5) is 277. The van der Waals surface area contributed by atoms with Gasteiger partial charge in [-0.3, -0.25) is 91.1 Å². The minimum absolute atomic E-state index is 0.0183. The zero-order valence-corrected chi connectivity index (χ0v) is 65.2. The van der Waals surface area contributed by atoms with Crippen LogP contribution in [-0.4, -0.2) is 248 Å². The molecule has 0 spiro atoms. The van der Waals surface area contributed by atoms with Crippen molar-refractivity contribution >= 4 is 135 Å². The number of ether oxygens (including phenoxy) is 1. The first-order valence-corrected chi connectivity index (χ1v) is 37.7. The van der Waals surface area contributed by atoms with E-state index in [-0.39, 0.29) is 43.5 Å². The third kappa shape index (κ3) is 33.0. The normalized spacial score (nSPS) is 21.3. The third-order valence-electron chi connectivity index (χ3n) is 18.5. The number of carboxylic acid groups (broad SMARTS) is 4. The molecule has 0 saturated carbocycles. The predicted octanol–water partition coefficient (Wildman–Crippen LogP) is -4.99. The van der Waals surface area contributed by atoms with Gasteiger partial charge in [0.1, 0.15) is 72.6 Å². The summed E-state index contributed by atoms with van der Waals surface area (Å²) in [6, 6.07) is -10.3. The van der Waals surface area contributed by atoms with Crippen molar-refractivity contribution < 1.29 is 126 Å². The molecule has 1 aliphatic heterocycles. The Balaban J connectivity index is 1.88. The van der Waals surface area contributed by atoms with Gasteiger partial charge < -0.3 is 122 Å². The number of aromatic amines is 1. The molecule has 25 N–H and O–H groups in total. The Bertz CT molecular complexity index is 4100. The Morgan fingerprint density at radius 3 is 1.66 bits per heavy atom. The SMILES string of the molecule is CCCCCCCCCC(=O)N[C@@H](Cc1c[nH]c2ccccc12)C(=O)N[C@@H](CC(N)=O)C(=O)N[C@@H](CC(=O)O)C(=O)N[C@@H]1C(=O)NCC(=O)N[C@@H](CCCN)C(=O)N[C@@H](CC(=O)O)C(=O)N[C@H](C)C(=O)N[C@@H]([C@H](C)CC(=O)O)C(=O)NCC(=O)N[C@H](CO)C(=O)N[C@@H]([C@@H](C)CC(=O)O)C(=O)N[C@@H](CC(=O)c2ccccc2N)C(=O)O[C@@H]1C. The molecule has 14 amide bonds. The molecule has 3 aromatic rings. The van der Waals surface area contributed by atoms with Crippen LogP contribution in [0.1, 0.15) is 153 Å². The number of rotatable bonds is 36. The summed E-state index contributed by atoms with van der Waals surface area (Å²) < 4.78 is 5.69. The van der Waals surface area contributed by atoms with E-state index in [0.29, 0.717) is 29.3 Å². The number of para-hydroxylation sites is 2. The Hall–Kier alpha value is -12.7. The molecule has 117 heavy (non-hydrogen) atoms. The number of anilines is 1. The number of nitrogens with one attached hydrogen (secondary N) is 14. The average Bonchev–Trinajstić information content (AvgIpc) is 1.72. The lowest BCUT2D eigenvalue weighted by Gasteiger charge is -2.30. The van der Waals surface area contributed by atoms with E-state index in [9.17, 15) is 121 Å². The molecule has 14 atom stereocenters. The Labute approximate surface area is 670 Å². The van der Waals surface area contributed by atoms with E-state index in [0.717, 1.165) is 52.9 Å². The lowest BCUT2D eigenvalue weighted by molar-refractivity contribution is -0.156. The van der Waals surface area contributed by atoms with Crippen molar-refractivity contribution in [2.75, 3.05) is 32.0 Å². The lowest BCUT2D eigenvalue weighted by atomic mass is 9.96. The number of benzene rings is 2. The number of aliphatic hydroxyl groups is 1. The molecule has 1 aromatic heterocycles. The van der Waals surface area contributed by atoms with E-state index in [4.69, 9.17) is 21.9 Å². The summed E-state index contributed by atoms with van der Waals surface area (Å²) in [7, 11) is 0. The number of hydrogen-bond donors (Lipinski definition) is 22. The topological polar surface area (TPSA) is 702 Å². The number of unbranched alkanes of at least 4 members (excludes halogenated alkanes) is 6. The fourth-order valence-corrected chi connectivity index (χ4v) is 12.2. The predicted molar refractivity (Wildman–Crippen MR) is 409 cm³/mol. The van der Waals surface area contributed by atoms with Gasteiger partial charge in [0.25, 0.3) is 0 Å². The second-order valence-electron chi connectivity index (χ2n) is 28.2. The zero-order valence-electron chi connectivity index (χ0n) is 65.2. The van der Waals surface area contributed by atoms with Crippen LogP contribution in [-0.2, 0) is 102 Å². The van der Waals surface area contributed by atoms with Gasteiger partial charge in [0.15, 0.2) is 5.78 Å². The van der Waals surface area contributed by atoms with Crippen molar-refractivity contribution in [1.29, 1.82) is 0 Å². The number of esters is 1. The number of carbonyl (C=O) groups excluding carboxylic acids is 16. The molecular weight excluding hydrogens is 1540 g/mol. The number of H-pyrrole nitrogens is 1. The maximum atomic E-state index is 14.9. The highest BCUT2D eigenvalue weighted by Crippen LogP contribution is 2.22. The number of nitrogens with two attached hydrogens (primary N) is 3. The van der Waals surface area contributed by atoms with Crippen LogP contribution in [0.4, 0.5) is 5.69 Å². The van der Waals surface area contributed by atoms with E-state index in [1.165, 1.54) is 31.2 Å². The van der Waals surface area contributed by atoms with E-state index < -0.39 is 261 Å². The molecule has 0 aliphatic carbocycles. The minimum atomic E-state index is -2.45. The van der Waals surface area contributed by atoms with Crippen LogP contribution in [0.15, 0.2) is 54.7 Å². The standard InChI is InChI=1S/C74H105N17O26/c1-6-7-8-9-10-11-12-23-54(95)83-46(27-40-32-78-44-21-16-14-18-41(40)44)67(109)85-47(29-53(77)94)68(110)87-49(31-60(104)105)69(111)91-63-39(5)117-74(116)50(28-52(93)42-19-13-15-20-43(42)76)88-73(115)62(37(3)26-58(100)101)90-70(112)51(35-92)84-56(97)34-79-71(113)61(36(2)25-57(98)99)89-64(106)38(4)81-66(108)48(30-59(102)103)86-65(107)45(22-17-24-75)82-55(96)33-80-72(63)114/h13-16,18-21,32,36-39,45-51,61-63,78,92H,6-12,17,22-31,33-35,75-76H2,1-5H3,(H2,77,94)(H,79,113)(H,80,114)(H,81,108)(H,82,96)(H,83,95)(H,84,97)(H,85,109)(H,86,107)(H,87,110)(H,88,115)(H,89,106)(H,90,112)(H,91,111)(H,98,99)(H,100,101)(H,102,103)(H,104,105)/t36-,37+,38-,39-,45+,46+,47+,48+,49+,50+,51-,61+,62+,63+/m1/s1. The van der Waals surface area contributed by atoms with Gasteiger partial charge in [-0.25, -0.2) is 4.79 Å². The number of fused-ring (bicyclic) bond motifs is 1. The van der Waals surface area contributed by atoms with Gasteiger partial charge in [0.05, 0.1) is 51.8 Å². The number of carbonyl (C=O) groups is 20. The molecule has 0 unspecified atom stereocenters. The number of primary amides is 1. The van der Waals surface area contributed by atoms with Crippen molar-refractivity contribution in [3.8, 4) is 0 Å². The molecule has 2 heterocycles. The highest BCUT2D eigenvalue weighted by Gasteiger charge is 2.41. The first-order chi connectivity index (χ1) is 55.3. The summed E-state index contributed by atoms with van der Waals surface area (Å²) in [6.07, 6.45) is -1.93. The quantitative estimate of drug-likeness (QED) is 0.0112. The second kappa shape index (κ2) is 48.5. The van der Waals surface area contributed by atoms with Gasteiger partial charge >= 0.3 is 29.8 Å². The van der Waals surface area contributed by atoms with Gasteiger partial charge in [-0.15, -0.1) is 0 Å². The largest absolute Gasteiger partial charge is 0.481 e. The summed E-state index contributed by atoms with van der Waals surface area (Å²) in [5.41, 5.74) is 18.1. The number of aliphatic hydroxyl groups excluding tert-OH is 1. The van der Waals surface area contributed by atoms with Crippen LogP contribution >= 0.6 is 0 Å². The molecule has 2 aromatic carbocycles. The summed E-state index contributed by atoms with van der Waals surface area (Å²) in [5, 5.41) is 79.3. The summed E-state index contributed by atoms with van der Waals surface area (Å²) in [6.45, 7) is 2.41. The van der Waals surface area contributed by atoms with Gasteiger partial charge in [-0.1, -0.05) is 89.6 Å². The van der Waals surface area contributed by atoms with Crippen LogP contribution < -0.4 is 86.3 Å². The van der Waals surface area contributed by atoms with Crippen LogP contribution in [0.25, 0.3) is 10.9 Å². The first-order valence-electron chi connectivity index (χ1n) is 37.7. The zero-order chi connectivity index (χ0) is 87.3. The third-order valence-corrected chi connectivity index (χ3v) is 18.5. The van der Waals surface area contributed by atoms with Crippen molar-refractivity contribution in [2.24, 2.45) is 23.3 Å². The molecule has 1 fully saturated rings. The minimum Gasteiger partial charge on any atom is -0.481 e. The molecule has 43 nitrogen and oxygen atoms in total.